The second-order valence-electron chi connectivity index (χ2n) is 9.16. The zero-order valence-corrected chi connectivity index (χ0v) is 25.7. The quantitative estimate of drug-likeness (QED) is 0.139. The number of fused-ring (bicyclic) bond motifs is 5. The van der Waals surface area contributed by atoms with Crippen LogP contribution in [0.15, 0.2) is 0 Å². The van der Waals surface area contributed by atoms with Gasteiger partial charge in [-0.15, -0.1) is 0 Å². The third kappa shape index (κ3) is 8.19. The standard InChI is InChI=1S/C24H38N2O4S6/c27-20-16-17-18-15-19(21(17)24(30)25(20)3-1-7-33-11-13-35-9-5-31)23(29)26(22(18)28)4-2-8-34-12-14-36-10-6-32/h17-19,21,31-32H,1-16H2. The van der Waals surface area contributed by atoms with Crippen LogP contribution in [0.3, 0.4) is 0 Å². The average molecular weight is 611 g/mol. The molecule has 204 valence electrons. The molecule has 4 unspecified atom stereocenters. The summed E-state index contributed by atoms with van der Waals surface area (Å²) in [4.78, 5) is 55.4. The largest absolute Gasteiger partial charge is 0.282 e. The van der Waals surface area contributed by atoms with Gasteiger partial charge in [-0.1, -0.05) is 0 Å². The number of imide groups is 2. The van der Waals surface area contributed by atoms with E-state index >= 15 is 0 Å². The van der Waals surface area contributed by atoms with Gasteiger partial charge in [0.25, 0.3) is 0 Å². The number of carbonyl (C=O) groups excluding carboxylic acids is 4. The summed E-state index contributed by atoms with van der Waals surface area (Å²) in [5.74, 6) is 7.53. The third-order valence-electron chi connectivity index (χ3n) is 6.90. The molecule has 0 aromatic rings. The van der Waals surface area contributed by atoms with E-state index in [2.05, 4.69) is 25.3 Å². The van der Waals surface area contributed by atoms with Crippen LogP contribution in [0.25, 0.3) is 0 Å². The van der Waals surface area contributed by atoms with Gasteiger partial charge < -0.3 is 0 Å². The number of piperidine rings is 2. The van der Waals surface area contributed by atoms with E-state index in [0.717, 1.165) is 70.4 Å². The van der Waals surface area contributed by atoms with E-state index in [9.17, 15) is 19.2 Å². The highest BCUT2D eigenvalue weighted by Gasteiger charge is 2.61. The molecule has 2 heterocycles. The van der Waals surface area contributed by atoms with Gasteiger partial charge in [-0.05, 0) is 48.2 Å². The van der Waals surface area contributed by atoms with Gasteiger partial charge in [-0.3, -0.25) is 29.0 Å². The van der Waals surface area contributed by atoms with Crippen molar-refractivity contribution in [3.8, 4) is 0 Å². The van der Waals surface area contributed by atoms with E-state index in [4.69, 9.17) is 0 Å². The topological polar surface area (TPSA) is 74.8 Å². The molecular weight excluding hydrogens is 573 g/mol. The van der Waals surface area contributed by atoms with Crippen LogP contribution in [0, 0.1) is 23.7 Å². The van der Waals surface area contributed by atoms with Gasteiger partial charge in [-0.2, -0.15) is 72.3 Å². The summed E-state index contributed by atoms with van der Waals surface area (Å²) in [5.41, 5.74) is 0. The Bertz CT molecular complexity index is 773. The van der Waals surface area contributed by atoms with E-state index in [-0.39, 0.29) is 41.9 Å². The lowest BCUT2D eigenvalue weighted by Gasteiger charge is -2.34. The monoisotopic (exact) mass is 610 g/mol. The first kappa shape index (κ1) is 30.9. The Morgan fingerprint density at radius 1 is 0.639 bits per heavy atom. The van der Waals surface area contributed by atoms with E-state index < -0.39 is 11.8 Å². The molecule has 0 N–H and O–H groups in total. The molecule has 4 amide bonds. The fourth-order valence-corrected chi connectivity index (χ4v) is 9.71. The lowest BCUT2D eigenvalue weighted by molar-refractivity contribution is -0.158. The van der Waals surface area contributed by atoms with Crippen LogP contribution in [0.5, 0.6) is 0 Å². The number of likely N-dealkylation sites (tertiary alicyclic amines) is 2. The number of rotatable bonds is 18. The number of amides is 4. The van der Waals surface area contributed by atoms with Crippen LogP contribution in [-0.2, 0) is 19.2 Å². The van der Waals surface area contributed by atoms with Gasteiger partial charge in [0.1, 0.15) is 0 Å². The normalized spacial score (nSPS) is 25.7. The van der Waals surface area contributed by atoms with Crippen LogP contribution in [-0.4, -0.2) is 104 Å². The fourth-order valence-electron chi connectivity index (χ4n) is 5.31. The fraction of sp³-hybridized carbons (Fsp3) is 0.833. The Labute approximate surface area is 243 Å². The molecule has 3 aliphatic rings. The number of hydrogen-bond donors (Lipinski definition) is 2. The second-order valence-corrected chi connectivity index (χ2v) is 15.0. The van der Waals surface area contributed by atoms with Crippen molar-refractivity contribution in [2.75, 3.05) is 70.6 Å². The predicted molar refractivity (Wildman–Crippen MR) is 163 cm³/mol. The molecule has 0 aromatic carbocycles. The molecule has 2 bridgehead atoms. The molecule has 3 rings (SSSR count). The Hall–Kier alpha value is 0.380. The van der Waals surface area contributed by atoms with Gasteiger partial charge in [0, 0.05) is 59.9 Å². The maximum atomic E-state index is 13.4. The number of hydrogen-bond acceptors (Lipinski definition) is 10. The van der Waals surface area contributed by atoms with Crippen molar-refractivity contribution in [3.05, 3.63) is 0 Å². The average Bonchev–Trinajstić information content (AvgIpc) is 3.21. The number of thiol groups is 2. The Balaban J connectivity index is 1.46. The van der Waals surface area contributed by atoms with Crippen molar-refractivity contribution in [1.29, 1.82) is 0 Å². The molecule has 3 fully saturated rings. The molecule has 0 aromatic heterocycles. The van der Waals surface area contributed by atoms with Gasteiger partial charge in [0.2, 0.25) is 23.6 Å². The van der Waals surface area contributed by atoms with Crippen molar-refractivity contribution >= 4 is 95.9 Å². The lowest BCUT2D eigenvalue weighted by atomic mass is 9.80. The van der Waals surface area contributed by atoms with Crippen LogP contribution in [0.1, 0.15) is 25.7 Å². The highest BCUT2D eigenvalue weighted by molar-refractivity contribution is 8.03. The molecule has 36 heavy (non-hydrogen) atoms. The maximum absolute atomic E-state index is 13.4. The molecule has 1 saturated carbocycles. The Morgan fingerprint density at radius 3 is 1.69 bits per heavy atom. The molecule has 1 aliphatic carbocycles. The first-order chi connectivity index (χ1) is 17.5. The summed E-state index contributed by atoms with van der Waals surface area (Å²) in [6.07, 6.45) is 2.15. The van der Waals surface area contributed by atoms with E-state index in [1.807, 2.05) is 47.0 Å². The van der Waals surface area contributed by atoms with Crippen LogP contribution < -0.4 is 0 Å². The smallest absolute Gasteiger partial charge is 0.233 e. The third-order valence-corrected chi connectivity index (χ3v) is 12.6. The summed E-state index contributed by atoms with van der Waals surface area (Å²) in [5, 5.41) is 0. The highest BCUT2D eigenvalue weighted by Crippen LogP contribution is 2.51. The molecule has 4 atom stereocenters. The summed E-state index contributed by atoms with van der Waals surface area (Å²) >= 11 is 15.9. The minimum atomic E-state index is -0.516. The molecule has 6 nitrogen and oxygen atoms in total. The van der Waals surface area contributed by atoms with Crippen LogP contribution >= 0.6 is 72.3 Å². The lowest BCUT2D eigenvalue weighted by Crippen LogP contribution is -2.51. The number of thioether (sulfide) groups is 4. The number of carbonyl (C=O) groups is 4. The van der Waals surface area contributed by atoms with Gasteiger partial charge >= 0.3 is 0 Å². The van der Waals surface area contributed by atoms with Crippen molar-refractivity contribution < 1.29 is 19.2 Å². The first-order valence-corrected chi connectivity index (χ1v) is 18.6. The summed E-state index contributed by atoms with van der Waals surface area (Å²) in [6.45, 7) is 0.820. The van der Waals surface area contributed by atoms with Crippen molar-refractivity contribution in [2.24, 2.45) is 23.7 Å². The Kier molecular flexibility index (Phi) is 14.1. The molecule has 2 saturated heterocycles. The van der Waals surface area contributed by atoms with Gasteiger partial charge in [0.15, 0.2) is 0 Å². The molecule has 12 heteroatoms. The summed E-state index contributed by atoms with van der Waals surface area (Å²) < 4.78 is 0. The van der Waals surface area contributed by atoms with Crippen molar-refractivity contribution in [3.63, 3.8) is 0 Å². The van der Waals surface area contributed by atoms with Crippen LogP contribution in [0.4, 0.5) is 0 Å². The predicted octanol–water partition coefficient (Wildman–Crippen LogP) is 3.56. The zero-order valence-electron chi connectivity index (χ0n) is 20.7. The minimum absolute atomic E-state index is 0.167. The van der Waals surface area contributed by atoms with E-state index in [0.29, 0.717) is 19.5 Å². The van der Waals surface area contributed by atoms with Crippen LogP contribution in [0.2, 0.25) is 0 Å². The first-order valence-electron chi connectivity index (χ1n) is 12.7. The molecular formula is C24H38N2O4S6. The van der Waals surface area contributed by atoms with Gasteiger partial charge in [-0.25, -0.2) is 0 Å². The van der Waals surface area contributed by atoms with Crippen molar-refractivity contribution in [1.82, 2.24) is 9.80 Å². The summed E-state index contributed by atoms with van der Waals surface area (Å²) in [7, 11) is 0. The van der Waals surface area contributed by atoms with E-state index in [1.165, 1.54) is 9.80 Å². The highest BCUT2D eigenvalue weighted by atomic mass is 32.2. The minimum Gasteiger partial charge on any atom is -0.282 e. The van der Waals surface area contributed by atoms with Gasteiger partial charge in [0.05, 0.1) is 11.8 Å². The summed E-state index contributed by atoms with van der Waals surface area (Å²) in [6, 6.07) is 0. The van der Waals surface area contributed by atoms with Crippen molar-refractivity contribution in [2.45, 2.75) is 25.7 Å². The SMILES string of the molecule is O=C1CC2C3CC(C(=O)N(CCCSCCSCCS)C3=O)C2C(=O)N1CCCSCCSCCS. The maximum Gasteiger partial charge on any atom is 0.233 e. The number of nitrogens with zero attached hydrogens (tertiary/aromatic N) is 2. The molecule has 0 spiro atoms. The molecule has 0 radical (unpaired) electrons. The molecule has 2 aliphatic heterocycles. The second kappa shape index (κ2) is 16.5. The Morgan fingerprint density at radius 2 is 1.14 bits per heavy atom. The van der Waals surface area contributed by atoms with E-state index in [1.54, 1.807) is 0 Å². The zero-order chi connectivity index (χ0) is 25.9.